The average Bonchev–Trinajstić information content (AvgIpc) is 2.82. The van der Waals surface area contributed by atoms with Crippen LogP contribution in [-0.4, -0.2) is 36.1 Å². The van der Waals surface area contributed by atoms with Gasteiger partial charge in [0.1, 0.15) is 0 Å². The Balaban J connectivity index is 2.01. The molecular formula is C24H22ClN3O3S. The van der Waals surface area contributed by atoms with Crippen molar-refractivity contribution in [2.45, 2.75) is 6.42 Å². The van der Waals surface area contributed by atoms with Crippen LogP contribution in [0.5, 0.6) is 0 Å². The van der Waals surface area contributed by atoms with Crippen LogP contribution in [0, 0.1) is 11.3 Å². The van der Waals surface area contributed by atoms with Crippen LogP contribution in [0.25, 0.3) is 0 Å². The van der Waals surface area contributed by atoms with Crippen LogP contribution in [0.2, 0.25) is 5.02 Å². The Labute approximate surface area is 195 Å². The van der Waals surface area contributed by atoms with Gasteiger partial charge in [-0.1, -0.05) is 78.0 Å². The fraction of sp³-hybridized carbons (Fsp3) is 0.167. The lowest BCUT2D eigenvalue weighted by Crippen LogP contribution is -2.30. The van der Waals surface area contributed by atoms with Crippen molar-refractivity contribution in [2.24, 2.45) is 10.9 Å². The number of aliphatic imine (C=N–C) groups is 1. The molecule has 0 aliphatic heterocycles. The topological polar surface area (TPSA) is 91.6 Å². The number of amidine groups is 1. The van der Waals surface area contributed by atoms with E-state index >= 15 is 0 Å². The molecule has 0 radical (unpaired) electrons. The highest BCUT2D eigenvalue weighted by atomic mass is 35.5. The van der Waals surface area contributed by atoms with Gasteiger partial charge in [-0.15, -0.1) is 0 Å². The summed E-state index contributed by atoms with van der Waals surface area (Å²) >= 11 is 7.58. The van der Waals surface area contributed by atoms with E-state index in [1.807, 2.05) is 24.3 Å². The molecule has 2 N–H and O–H groups in total. The van der Waals surface area contributed by atoms with Crippen molar-refractivity contribution in [2.75, 3.05) is 13.4 Å². The van der Waals surface area contributed by atoms with Gasteiger partial charge in [0.05, 0.1) is 18.5 Å². The van der Waals surface area contributed by atoms with E-state index in [0.29, 0.717) is 28.3 Å². The van der Waals surface area contributed by atoms with E-state index < -0.39 is 12.0 Å². The minimum atomic E-state index is -0.649. The number of thioether (sulfide) groups is 1. The van der Waals surface area contributed by atoms with E-state index in [4.69, 9.17) is 17.0 Å². The molecule has 1 unspecified atom stereocenters. The Kier molecular flexibility index (Phi) is 8.03. The maximum absolute atomic E-state index is 13.3. The number of ketones is 1. The molecule has 0 saturated heterocycles. The normalized spacial score (nSPS) is 16.2. The minimum Gasteiger partial charge on any atom is -0.453 e. The van der Waals surface area contributed by atoms with Gasteiger partial charge in [0.25, 0.3) is 0 Å². The van der Waals surface area contributed by atoms with Gasteiger partial charge < -0.3 is 10.1 Å². The Morgan fingerprint density at radius 3 is 2.47 bits per heavy atom. The number of allylic oxidation sites excluding steroid dienone is 4. The molecule has 0 heterocycles. The lowest BCUT2D eigenvalue weighted by atomic mass is 9.80. The highest BCUT2D eigenvalue weighted by molar-refractivity contribution is 8.13. The summed E-state index contributed by atoms with van der Waals surface area (Å²) in [7, 11) is 1.26. The number of ether oxygens (including phenoxy) is 1. The first-order valence-corrected chi connectivity index (χ1v) is 11.4. The summed E-state index contributed by atoms with van der Waals surface area (Å²) in [6.45, 7) is 0. The smallest absolute Gasteiger partial charge is 0.412 e. The second-order valence-corrected chi connectivity index (χ2v) is 8.07. The monoisotopic (exact) mass is 467 g/mol. The van der Waals surface area contributed by atoms with Gasteiger partial charge >= 0.3 is 6.09 Å². The van der Waals surface area contributed by atoms with Crippen molar-refractivity contribution < 1.29 is 14.3 Å². The number of Topliss-reactive ketones (excluding diaryl/α,β-unsaturated/α-hetero) is 1. The van der Waals surface area contributed by atoms with Crippen molar-refractivity contribution in [3.8, 4) is 0 Å². The van der Waals surface area contributed by atoms with Crippen molar-refractivity contribution in [3.63, 3.8) is 0 Å². The quantitative estimate of drug-likeness (QED) is 0.354. The Morgan fingerprint density at radius 1 is 1.12 bits per heavy atom. The van der Waals surface area contributed by atoms with Crippen molar-refractivity contribution in [3.05, 3.63) is 94.2 Å². The van der Waals surface area contributed by atoms with Crippen LogP contribution in [0.1, 0.15) is 15.9 Å². The van der Waals surface area contributed by atoms with Crippen LogP contribution in [0.4, 0.5) is 4.79 Å². The average molecular weight is 468 g/mol. The number of hydrogen-bond acceptors (Lipinski definition) is 6. The van der Waals surface area contributed by atoms with Crippen LogP contribution in [-0.2, 0) is 11.2 Å². The van der Waals surface area contributed by atoms with Crippen molar-refractivity contribution in [1.29, 1.82) is 5.41 Å². The molecular weight excluding hydrogens is 446 g/mol. The molecule has 8 heteroatoms. The number of alkyl carbamates (subject to hydrolysis) is 1. The summed E-state index contributed by atoms with van der Waals surface area (Å²) in [4.78, 5) is 29.3. The predicted molar refractivity (Wildman–Crippen MR) is 130 cm³/mol. The molecule has 164 valence electrons. The van der Waals surface area contributed by atoms with Gasteiger partial charge in [-0.25, -0.2) is 9.79 Å². The molecule has 3 rings (SSSR count). The lowest BCUT2D eigenvalue weighted by molar-refractivity contribution is 0.102. The predicted octanol–water partition coefficient (Wildman–Crippen LogP) is 5.30. The summed E-state index contributed by atoms with van der Waals surface area (Å²) in [6.07, 6.45) is 4.79. The van der Waals surface area contributed by atoms with Gasteiger partial charge in [0.2, 0.25) is 0 Å². The molecule has 1 atom stereocenters. The molecule has 2 aromatic carbocycles. The molecule has 1 aliphatic carbocycles. The molecule has 0 fully saturated rings. The molecule has 6 nitrogen and oxygen atoms in total. The zero-order chi connectivity index (χ0) is 23.1. The standard InChI is InChI=1S/C24H22ClN3O3S/c1-31-24(30)28-23(32-2)27-20-13-12-17(22(29)15-8-4-3-5-9-15)18(21(20)26)14-16-10-6-7-11-19(16)25/h3-13,18,26H,14H2,1-2H3,(H,27,28,30). The van der Waals surface area contributed by atoms with Gasteiger partial charge in [-0.3, -0.25) is 10.1 Å². The van der Waals surface area contributed by atoms with E-state index in [1.165, 1.54) is 18.9 Å². The Hall–Kier alpha value is -3.16. The Morgan fingerprint density at radius 2 is 1.81 bits per heavy atom. The molecule has 1 amide bonds. The summed E-state index contributed by atoms with van der Waals surface area (Å²) in [5.74, 6) is -0.697. The fourth-order valence-electron chi connectivity index (χ4n) is 3.26. The lowest BCUT2D eigenvalue weighted by Gasteiger charge is -2.25. The summed E-state index contributed by atoms with van der Waals surface area (Å²) in [5.41, 5.74) is 2.40. The van der Waals surface area contributed by atoms with Crippen LogP contribution in [0.3, 0.4) is 0 Å². The van der Waals surface area contributed by atoms with E-state index in [9.17, 15) is 9.59 Å². The van der Waals surface area contributed by atoms with Gasteiger partial charge in [0, 0.05) is 22.1 Å². The number of methoxy groups -OCH3 is 1. The van der Waals surface area contributed by atoms with Crippen molar-refractivity contribution in [1.82, 2.24) is 5.32 Å². The third-order valence-electron chi connectivity index (χ3n) is 4.91. The molecule has 0 spiro atoms. The van der Waals surface area contributed by atoms with E-state index in [0.717, 1.165) is 5.56 Å². The highest BCUT2D eigenvalue weighted by Crippen LogP contribution is 2.31. The first kappa shape index (κ1) is 23.5. The maximum Gasteiger partial charge on any atom is 0.412 e. The van der Waals surface area contributed by atoms with Gasteiger partial charge in [-0.05, 0) is 30.4 Å². The first-order valence-electron chi connectivity index (χ1n) is 9.76. The SMILES string of the molecule is COC(=O)NC(=NC1=CC=C(C(=O)c2ccccc2)C(Cc2ccccc2Cl)C1=N)SC. The number of amides is 1. The number of benzene rings is 2. The second-order valence-electron chi connectivity index (χ2n) is 6.87. The molecule has 0 saturated carbocycles. The Bertz CT molecular complexity index is 1130. The molecule has 0 aromatic heterocycles. The van der Waals surface area contributed by atoms with Crippen molar-refractivity contribution >= 4 is 46.1 Å². The van der Waals surface area contributed by atoms with E-state index in [-0.39, 0.29) is 16.7 Å². The van der Waals surface area contributed by atoms with Crippen LogP contribution < -0.4 is 5.32 Å². The zero-order valence-electron chi connectivity index (χ0n) is 17.6. The first-order chi connectivity index (χ1) is 15.4. The molecule has 1 aliphatic rings. The van der Waals surface area contributed by atoms with Crippen LogP contribution >= 0.6 is 23.4 Å². The number of halogens is 1. The number of carbonyl (C=O) groups excluding carboxylic acids is 2. The highest BCUT2D eigenvalue weighted by Gasteiger charge is 2.31. The largest absolute Gasteiger partial charge is 0.453 e. The number of hydrogen-bond donors (Lipinski definition) is 2. The maximum atomic E-state index is 13.3. The summed E-state index contributed by atoms with van der Waals surface area (Å²) in [6, 6.07) is 16.3. The summed E-state index contributed by atoms with van der Waals surface area (Å²) in [5, 5.41) is 12.2. The molecule has 0 bridgehead atoms. The summed E-state index contributed by atoms with van der Waals surface area (Å²) < 4.78 is 4.62. The van der Waals surface area contributed by atoms with Gasteiger partial charge in [0.15, 0.2) is 11.0 Å². The van der Waals surface area contributed by atoms with E-state index in [1.54, 1.807) is 48.7 Å². The number of nitrogens with one attached hydrogen (secondary N) is 2. The molecule has 32 heavy (non-hydrogen) atoms. The number of carbonyl (C=O) groups is 2. The molecule has 2 aromatic rings. The fourth-order valence-corrected chi connectivity index (χ4v) is 3.85. The van der Waals surface area contributed by atoms with E-state index in [2.05, 4.69) is 15.0 Å². The van der Waals surface area contributed by atoms with Gasteiger partial charge in [-0.2, -0.15) is 0 Å². The minimum absolute atomic E-state index is 0.149. The third-order valence-corrected chi connectivity index (χ3v) is 5.86. The van der Waals surface area contributed by atoms with Crippen LogP contribution in [0.15, 0.2) is 83.0 Å². The number of nitrogens with zero attached hydrogens (tertiary/aromatic N) is 1. The zero-order valence-corrected chi connectivity index (χ0v) is 19.2. The second kappa shape index (κ2) is 10.9. The third kappa shape index (κ3) is 5.55. The number of rotatable bonds is 5.